The first-order valence-corrected chi connectivity index (χ1v) is 8.37. The number of allylic oxidation sites excluding steroid dienone is 2. The summed E-state index contributed by atoms with van der Waals surface area (Å²) in [7, 11) is -0.0894. The van der Waals surface area contributed by atoms with Crippen molar-refractivity contribution in [3.05, 3.63) is 11.6 Å². The summed E-state index contributed by atoms with van der Waals surface area (Å²) >= 11 is 0. The van der Waals surface area contributed by atoms with E-state index in [1.165, 1.54) is 5.57 Å². The monoisotopic (exact) mass is 292 g/mol. The van der Waals surface area contributed by atoms with Crippen LogP contribution >= 0.6 is 0 Å². The van der Waals surface area contributed by atoms with E-state index in [4.69, 9.17) is 14.0 Å². The molecule has 3 rings (SSSR count). The second kappa shape index (κ2) is 5.11. The molecule has 4 heteroatoms. The van der Waals surface area contributed by atoms with Crippen LogP contribution in [-0.2, 0) is 14.0 Å². The molecule has 0 aromatic carbocycles. The zero-order chi connectivity index (χ0) is 15.4. The van der Waals surface area contributed by atoms with Crippen LogP contribution in [0.2, 0.25) is 5.82 Å². The zero-order valence-corrected chi connectivity index (χ0v) is 14.3. The number of hydrogen-bond donors (Lipinski definition) is 0. The van der Waals surface area contributed by atoms with Crippen LogP contribution in [0, 0.1) is 17.8 Å². The van der Waals surface area contributed by atoms with E-state index in [1.807, 2.05) is 0 Å². The lowest BCUT2D eigenvalue weighted by molar-refractivity contribution is -0.0119. The summed E-state index contributed by atoms with van der Waals surface area (Å²) in [6.45, 7) is 14.8. The lowest BCUT2D eigenvalue weighted by atomic mass is 9.44. The van der Waals surface area contributed by atoms with Gasteiger partial charge in [0, 0.05) is 12.4 Å². The summed E-state index contributed by atoms with van der Waals surface area (Å²) in [5.41, 5.74) is 0.954. The fourth-order valence-electron chi connectivity index (χ4n) is 4.31. The zero-order valence-electron chi connectivity index (χ0n) is 14.3. The summed E-state index contributed by atoms with van der Waals surface area (Å²) < 4.78 is 18.5. The first-order valence-electron chi connectivity index (χ1n) is 8.37. The van der Waals surface area contributed by atoms with E-state index in [0.29, 0.717) is 23.6 Å². The predicted molar refractivity (Wildman–Crippen MR) is 85.2 cm³/mol. The van der Waals surface area contributed by atoms with Gasteiger partial charge in [0.2, 0.25) is 0 Å². The Bertz CT molecular complexity index is 443. The Labute approximate surface area is 129 Å². The Morgan fingerprint density at radius 1 is 1.14 bits per heavy atom. The van der Waals surface area contributed by atoms with E-state index in [9.17, 15) is 0 Å². The number of hydrogen-bond acceptors (Lipinski definition) is 3. The molecule has 0 radical (unpaired) electrons. The molecule has 0 unspecified atom stereocenters. The molecule has 0 aromatic rings. The van der Waals surface area contributed by atoms with Gasteiger partial charge in [-0.3, -0.25) is 0 Å². The molecule has 1 aliphatic carbocycles. The third-order valence-electron chi connectivity index (χ3n) is 6.18. The van der Waals surface area contributed by atoms with E-state index < -0.39 is 0 Å². The second-order valence-electron chi connectivity index (χ2n) is 7.96. The molecule has 0 spiro atoms. The summed E-state index contributed by atoms with van der Waals surface area (Å²) in [6.07, 6.45) is 3.38. The molecule has 21 heavy (non-hydrogen) atoms. The van der Waals surface area contributed by atoms with Crippen LogP contribution in [0.15, 0.2) is 11.6 Å². The topological polar surface area (TPSA) is 27.7 Å². The van der Waals surface area contributed by atoms with Crippen molar-refractivity contribution in [3.63, 3.8) is 0 Å². The maximum Gasteiger partial charge on any atom is 0.462 e. The van der Waals surface area contributed by atoms with Crippen LogP contribution < -0.4 is 0 Å². The molecular formula is C17H29BO3. The van der Waals surface area contributed by atoms with Gasteiger partial charge in [0.15, 0.2) is 0 Å². The van der Waals surface area contributed by atoms with E-state index in [2.05, 4.69) is 47.6 Å². The maximum absolute atomic E-state index is 6.43. The van der Waals surface area contributed by atoms with Crippen molar-refractivity contribution in [2.24, 2.45) is 17.8 Å². The van der Waals surface area contributed by atoms with Gasteiger partial charge < -0.3 is 14.0 Å². The smallest absolute Gasteiger partial charge is 0.403 e. The SMILES string of the molecule is CC[C@@]1(C)OB([C@H]2[C@@H](C=C(C)C)[C@@H]3COC[C@@H]32)OC1(C)C. The molecule has 3 nitrogen and oxygen atoms in total. The molecule has 0 amide bonds. The molecule has 0 aromatic heterocycles. The van der Waals surface area contributed by atoms with Gasteiger partial charge in [0.1, 0.15) is 0 Å². The quantitative estimate of drug-likeness (QED) is 0.586. The standard InChI is InChI=1S/C17H29BO3/c1-7-17(6)16(4,5)20-18(21-17)15-12(8-11(2)3)13-9-19-10-14(13)15/h8,12-15H,7,9-10H2,1-6H3/t12-,13-,14-,15-,17+/m0/s1. The third-order valence-corrected chi connectivity index (χ3v) is 6.18. The lowest BCUT2D eigenvalue weighted by Gasteiger charge is -2.47. The highest BCUT2D eigenvalue weighted by atomic mass is 16.7. The minimum atomic E-state index is -0.230. The van der Waals surface area contributed by atoms with Crippen LogP contribution in [0.3, 0.4) is 0 Å². The molecule has 1 saturated carbocycles. The minimum Gasteiger partial charge on any atom is -0.403 e. The fourth-order valence-corrected chi connectivity index (χ4v) is 4.31. The third kappa shape index (κ3) is 2.30. The molecule has 5 atom stereocenters. The average molecular weight is 292 g/mol. The van der Waals surface area contributed by atoms with Gasteiger partial charge in [-0.15, -0.1) is 0 Å². The van der Waals surface area contributed by atoms with E-state index in [0.717, 1.165) is 19.6 Å². The lowest BCUT2D eigenvalue weighted by Crippen LogP contribution is -2.49. The number of fused-ring (bicyclic) bond motifs is 1. The molecule has 2 aliphatic heterocycles. The number of ether oxygens (including phenoxy) is 1. The largest absolute Gasteiger partial charge is 0.462 e. The highest BCUT2D eigenvalue weighted by Gasteiger charge is 2.64. The van der Waals surface area contributed by atoms with Crippen LogP contribution in [-0.4, -0.2) is 31.5 Å². The molecule has 2 saturated heterocycles. The molecular weight excluding hydrogens is 263 g/mol. The van der Waals surface area contributed by atoms with Gasteiger partial charge in [-0.2, -0.15) is 0 Å². The fraction of sp³-hybridized carbons (Fsp3) is 0.882. The Morgan fingerprint density at radius 3 is 2.38 bits per heavy atom. The molecule has 2 heterocycles. The highest BCUT2D eigenvalue weighted by molar-refractivity contribution is 6.48. The molecule has 0 N–H and O–H groups in total. The Balaban J connectivity index is 1.82. The van der Waals surface area contributed by atoms with Gasteiger partial charge in [-0.05, 0) is 58.8 Å². The first kappa shape index (κ1) is 15.6. The Hall–Kier alpha value is -0.315. The number of rotatable bonds is 3. The van der Waals surface area contributed by atoms with E-state index in [1.54, 1.807) is 0 Å². The Morgan fingerprint density at radius 2 is 1.81 bits per heavy atom. The predicted octanol–water partition coefficient (Wildman–Crippen LogP) is 3.70. The molecule has 0 bridgehead atoms. The van der Waals surface area contributed by atoms with Crippen LogP contribution in [0.5, 0.6) is 0 Å². The minimum absolute atomic E-state index is 0.0894. The van der Waals surface area contributed by atoms with Crippen molar-refractivity contribution in [1.29, 1.82) is 0 Å². The summed E-state index contributed by atoms with van der Waals surface area (Å²) in [4.78, 5) is 0. The van der Waals surface area contributed by atoms with Gasteiger partial charge in [0.25, 0.3) is 0 Å². The van der Waals surface area contributed by atoms with Gasteiger partial charge in [-0.25, -0.2) is 0 Å². The summed E-state index contributed by atoms with van der Waals surface area (Å²) in [6, 6.07) is 0. The molecule has 118 valence electrons. The van der Waals surface area contributed by atoms with Crippen molar-refractivity contribution in [2.45, 2.75) is 65.0 Å². The Kier molecular flexibility index (Phi) is 3.79. The molecule has 3 aliphatic rings. The summed E-state index contributed by atoms with van der Waals surface area (Å²) in [5.74, 6) is 2.25. The van der Waals surface area contributed by atoms with Crippen LogP contribution in [0.1, 0.15) is 48.0 Å². The van der Waals surface area contributed by atoms with Crippen molar-refractivity contribution in [1.82, 2.24) is 0 Å². The van der Waals surface area contributed by atoms with Gasteiger partial charge in [0.05, 0.1) is 17.8 Å². The normalized spacial score (nSPS) is 44.4. The van der Waals surface area contributed by atoms with Crippen LogP contribution in [0.25, 0.3) is 0 Å². The van der Waals surface area contributed by atoms with Crippen molar-refractivity contribution in [2.75, 3.05) is 13.2 Å². The van der Waals surface area contributed by atoms with Crippen LogP contribution in [0.4, 0.5) is 0 Å². The van der Waals surface area contributed by atoms with E-state index >= 15 is 0 Å². The van der Waals surface area contributed by atoms with E-state index in [-0.39, 0.29) is 18.3 Å². The van der Waals surface area contributed by atoms with Crippen molar-refractivity contribution in [3.8, 4) is 0 Å². The summed E-state index contributed by atoms with van der Waals surface area (Å²) in [5, 5.41) is 0. The van der Waals surface area contributed by atoms with Gasteiger partial charge >= 0.3 is 7.12 Å². The van der Waals surface area contributed by atoms with Crippen molar-refractivity contribution < 1.29 is 14.0 Å². The van der Waals surface area contributed by atoms with Gasteiger partial charge in [-0.1, -0.05) is 18.6 Å². The highest BCUT2D eigenvalue weighted by Crippen LogP contribution is 2.59. The maximum atomic E-state index is 6.43. The van der Waals surface area contributed by atoms with Crippen molar-refractivity contribution >= 4 is 7.12 Å². The average Bonchev–Trinajstić information content (AvgIpc) is 2.88. The molecule has 3 fully saturated rings. The first-order chi connectivity index (χ1) is 9.79. The second-order valence-corrected chi connectivity index (χ2v) is 7.96.